The zero-order chi connectivity index (χ0) is 15.3. The van der Waals surface area contributed by atoms with Crippen molar-refractivity contribution in [1.82, 2.24) is 15.0 Å². The van der Waals surface area contributed by atoms with E-state index in [0.717, 1.165) is 0 Å². The minimum absolute atomic E-state index is 0.0315. The number of halogens is 2. The van der Waals surface area contributed by atoms with Crippen LogP contribution in [0.2, 0.25) is 0 Å². The molecule has 0 atom stereocenters. The van der Waals surface area contributed by atoms with E-state index in [1.165, 1.54) is 0 Å². The van der Waals surface area contributed by atoms with Crippen LogP contribution < -0.4 is 15.5 Å². The molecule has 2 rings (SSSR count). The molecule has 8 nitrogen and oxygen atoms in total. The second-order valence-electron chi connectivity index (χ2n) is 4.50. The van der Waals surface area contributed by atoms with Crippen LogP contribution >= 0.6 is 0 Å². The summed E-state index contributed by atoms with van der Waals surface area (Å²) in [4.78, 5) is 14.2. The average Bonchev–Trinajstić information content (AvgIpc) is 2.53. The predicted octanol–water partition coefficient (Wildman–Crippen LogP) is -0.211. The SMILES string of the molecule is CNc1nc(NCC(F)(F)CO)nc(N2CCOCC2)n1. The summed E-state index contributed by atoms with van der Waals surface area (Å²) in [6.45, 7) is 0.385. The molecule has 2 heterocycles. The fraction of sp³-hybridized carbons (Fsp3) is 0.727. The Bertz CT molecular complexity index is 470. The Kier molecular flexibility index (Phi) is 5.02. The fourth-order valence-electron chi connectivity index (χ4n) is 1.72. The van der Waals surface area contributed by atoms with Gasteiger partial charge in [0, 0.05) is 20.1 Å². The van der Waals surface area contributed by atoms with Gasteiger partial charge in [0.2, 0.25) is 17.8 Å². The van der Waals surface area contributed by atoms with E-state index in [1.54, 1.807) is 7.05 Å². The summed E-state index contributed by atoms with van der Waals surface area (Å²) in [5, 5.41) is 13.7. The molecule has 1 aliphatic heterocycles. The summed E-state index contributed by atoms with van der Waals surface area (Å²) in [6.07, 6.45) is 0. The van der Waals surface area contributed by atoms with E-state index in [2.05, 4.69) is 25.6 Å². The lowest BCUT2D eigenvalue weighted by molar-refractivity contribution is -0.0374. The highest BCUT2D eigenvalue weighted by molar-refractivity contribution is 5.43. The molecule has 21 heavy (non-hydrogen) atoms. The van der Waals surface area contributed by atoms with Gasteiger partial charge in [0.1, 0.15) is 6.61 Å². The van der Waals surface area contributed by atoms with Crippen molar-refractivity contribution < 1.29 is 18.6 Å². The van der Waals surface area contributed by atoms with E-state index >= 15 is 0 Å². The van der Waals surface area contributed by atoms with Gasteiger partial charge in [-0.2, -0.15) is 15.0 Å². The van der Waals surface area contributed by atoms with E-state index in [9.17, 15) is 8.78 Å². The van der Waals surface area contributed by atoms with Gasteiger partial charge in [0.15, 0.2) is 0 Å². The number of hydrogen-bond acceptors (Lipinski definition) is 8. The molecule has 1 aromatic rings. The minimum atomic E-state index is -3.23. The van der Waals surface area contributed by atoms with Gasteiger partial charge in [0.05, 0.1) is 19.8 Å². The number of aliphatic hydroxyl groups is 1. The molecule has 0 aromatic carbocycles. The lowest BCUT2D eigenvalue weighted by atomic mass is 10.3. The first-order valence-corrected chi connectivity index (χ1v) is 6.53. The van der Waals surface area contributed by atoms with Gasteiger partial charge in [-0.1, -0.05) is 0 Å². The third kappa shape index (κ3) is 4.33. The van der Waals surface area contributed by atoms with E-state index in [0.29, 0.717) is 32.3 Å². The van der Waals surface area contributed by atoms with Crippen molar-refractivity contribution >= 4 is 17.8 Å². The maximum Gasteiger partial charge on any atom is 0.287 e. The van der Waals surface area contributed by atoms with Gasteiger partial charge < -0.3 is 25.4 Å². The summed E-state index contributed by atoms with van der Waals surface area (Å²) in [6, 6.07) is 0. The number of rotatable bonds is 6. The van der Waals surface area contributed by atoms with Gasteiger partial charge in [-0.25, -0.2) is 8.78 Å². The second kappa shape index (κ2) is 6.76. The zero-order valence-corrected chi connectivity index (χ0v) is 11.6. The molecule has 0 aliphatic carbocycles. The highest BCUT2D eigenvalue weighted by Crippen LogP contribution is 2.17. The molecule has 0 saturated carbocycles. The van der Waals surface area contributed by atoms with Crippen LogP contribution in [0.15, 0.2) is 0 Å². The molecule has 0 spiro atoms. The third-order valence-electron chi connectivity index (χ3n) is 2.88. The van der Waals surface area contributed by atoms with E-state index in [1.807, 2.05) is 4.90 Å². The third-order valence-corrected chi connectivity index (χ3v) is 2.88. The molecular formula is C11H18F2N6O2. The summed E-state index contributed by atoms with van der Waals surface area (Å²) >= 11 is 0. The summed E-state index contributed by atoms with van der Waals surface area (Å²) in [5.74, 6) is -2.52. The van der Waals surface area contributed by atoms with Gasteiger partial charge in [-0.05, 0) is 0 Å². The van der Waals surface area contributed by atoms with Crippen molar-refractivity contribution in [2.45, 2.75) is 5.92 Å². The Morgan fingerprint density at radius 1 is 1.24 bits per heavy atom. The molecule has 1 fully saturated rings. The first kappa shape index (κ1) is 15.6. The predicted molar refractivity (Wildman–Crippen MR) is 72.9 cm³/mol. The number of morpholine rings is 1. The van der Waals surface area contributed by atoms with Crippen LogP contribution in [-0.4, -0.2) is 72.5 Å². The highest BCUT2D eigenvalue weighted by atomic mass is 19.3. The highest BCUT2D eigenvalue weighted by Gasteiger charge is 2.28. The van der Waals surface area contributed by atoms with Gasteiger partial charge in [-0.3, -0.25) is 0 Å². The molecule has 1 saturated heterocycles. The molecular weight excluding hydrogens is 286 g/mol. The molecule has 1 aromatic heterocycles. The Balaban J connectivity index is 2.13. The topological polar surface area (TPSA) is 95.4 Å². The minimum Gasteiger partial charge on any atom is -0.390 e. The van der Waals surface area contributed by atoms with E-state index < -0.39 is 19.1 Å². The van der Waals surface area contributed by atoms with Crippen molar-refractivity contribution in [2.75, 3.05) is 62.0 Å². The molecule has 0 unspecified atom stereocenters. The first-order chi connectivity index (χ1) is 10.0. The zero-order valence-electron chi connectivity index (χ0n) is 11.6. The average molecular weight is 304 g/mol. The van der Waals surface area contributed by atoms with Crippen molar-refractivity contribution in [3.8, 4) is 0 Å². The first-order valence-electron chi connectivity index (χ1n) is 6.53. The molecule has 0 bridgehead atoms. The summed E-state index contributed by atoms with van der Waals surface area (Å²) in [5.41, 5.74) is 0. The van der Waals surface area contributed by atoms with Crippen LogP contribution in [0.3, 0.4) is 0 Å². The molecule has 0 radical (unpaired) electrons. The number of hydrogen-bond donors (Lipinski definition) is 3. The molecule has 3 N–H and O–H groups in total. The van der Waals surface area contributed by atoms with Crippen molar-refractivity contribution in [3.05, 3.63) is 0 Å². The molecule has 0 amide bonds. The van der Waals surface area contributed by atoms with Gasteiger partial charge in [0.25, 0.3) is 5.92 Å². The van der Waals surface area contributed by atoms with E-state index in [4.69, 9.17) is 9.84 Å². The monoisotopic (exact) mass is 304 g/mol. The summed E-state index contributed by atoms with van der Waals surface area (Å²) < 4.78 is 31.3. The Morgan fingerprint density at radius 3 is 2.52 bits per heavy atom. The fourth-order valence-corrected chi connectivity index (χ4v) is 1.72. The van der Waals surface area contributed by atoms with Crippen LogP contribution in [0.1, 0.15) is 0 Å². The Labute approximate surface area is 120 Å². The van der Waals surface area contributed by atoms with Crippen LogP contribution in [0.4, 0.5) is 26.6 Å². The Morgan fingerprint density at radius 2 is 1.90 bits per heavy atom. The maximum atomic E-state index is 13.0. The number of aromatic nitrogens is 3. The van der Waals surface area contributed by atoms with Crippen molar-refractivity contribution in [1.29, 1.82) is 0 Å². The van der Waals surface area contributed by atoms with Crippen molar-refractivity contribution in [2.24, 2.45) is 0 Å². The smallest absolute Gasteiger partial charge is 0.287 e. The largest absolute Gasteiger partial charge is 0.390 e. The normalized spacial score (nSPS) is 15.9. The quantitative estimate of drug-likeness (QED) is 0.664. The van der Waals surface area contributed by atoms with Gasteiger partial charge in [-0.15, -0.1) is 0 Å². The van der Waals surface area contributed by atoms with Crippen LogP contribution in [0.5, 0.6) is 0 Å². The standard InChI is InChI=1S/C11H18F2N6O2/c1-14-8-16-9(15-6-11(12,13)7-20)18-10(17-8)19-2-4-21-5-3-19/h20H,2-7H2,1H3,(H2,14,15,16,17,18). The number of alkyl halides is 2. The number of nitrogens with one attached hydrogen (secondary N) is 2. The van der Waals surface area contributed by atoms with E-state index in [-0.39, 0.29) is 11.9 Å². The molecule has 1 aliphatic rings. The molecule has 118 valence electrons. The van der Waals surface area contributed by atoms with Gasteiger partial charge >= 0.3 is 0 Å². The summed E-state index contributed by atoms with van der Waals surface area (Å²) in [7, 11) is 1.63. The lowest BCUT2D eigenvalue weighted by Crippen LogP contribution is -2.38. The number of anilines is 3. The van der Waals surface area contributed by atoms with Crippen LogP contribution in [0, 0.1) is 0 Å². The second-order valence-corrected chi connectivity index (χ2v) is 4.50. The number of nitrogens with zero attached hydrogens (tertiary/aromatic N) is 4. The van der Waals surface area contributed by atoms with Crippen LogP contribution in [0.25, 0.3) is 0 Å². The number of aliphatic hydroxyl groups excluding tert-OH is 1. The lowest BCUT2D eigenvalue weighted by Gasteiger charge is -2.27. The molecule has 10 heteroatoms. The van der Waals surface area contributed by atoms with Crippen molar-refractivity contribution in [3.63, 3.8) is 0 Å². The maximum absolute atomic E-state index is 13.0. The Hall–Kier alpha value is -1.81. The van der Waals surface area contributed by atoms with Crippen LogP contribution in [-0.2, 0) is 4.74 Å². The number of ether oxygens (including phenoxy) is 1.